The maximum absolute atomic E-state index is 11.3. The van der Waals surface area contributed by atoms with Gasteiger partial charge >= 0.3 is 5.97 Å². The molecule has 0 spiro atoms. The van der Waals surface area contributed by atoms with Crippen molar-refractivity contribution in [1.82, 2.24) is 5.32 Å². The Morgan fingerprint density at radius 2 is 2.35 bits per heavy atom. The molecule has 0 amide bonds. The van der Waals surface area contributed by atoms with Gasteiger partial charge in [0, 0.05) is 18.0 Å². The summed E-state index contributed by atoms with van der Waals surface area (Å²) in [5.41, 5.74) is 0. The summed E-state index contributed by atoms with van der Waals surface area (Å²) in [5.74, 6) is 0.469. The van der Waals surface area contributed by atoms with Crippen LogP contribution < -0.4 is 10.1 Å². The molecule has 0 aliphatic carbocycles. The van der Waals surface area contributed by atoms with E-state index >= 15 is 0 Å². The quantitative estimate of drug-likeness (QED) is 0.834. The van der Waals surface area contributed by atoms with Crippen molar-refractivity contribution >= 4 is 17.6 Å². The standard InChI is InChI=1S/C12H14ClNO3/c1-16-12(15)11-6-10(7-14-11)17-9-4-2-3-8(13)5-9/h2-5,10-11,14H,6-7H2,1H3. The molecule has 1 saturated heterocycles. The lowest BCUT2D eigenvalue weighted by Gasteiger charge is -2.12. The number of carbonyl (C=O) groups is 1. The molecule has 1 fully saturated rings. The number of hydrogen-bond acceptors (Lipinski definition) is 4. The fourth-order valence-electron chi connectivity index (χ4n) is 1.85. The van der Waals surface area contributed by atoms with Crippen molar-refractivity contribution in [1.29, 1.82) is 0 Å². The molecule has 1 aliphatic rings. The zero-order chi connectivity index (χ0) is 12.3. The van der Waals surface area contributed by atoms with Crippen molar-refractivity contribution in [3.05, 3.63) is 29.3 Å². The van der Waals surface area contributed by atoms with Gasteiger partial charge in [-0.3, -0.25) is 4.79 Å². The third kappa shape index (κ3) is 3.11. The zero-order valence-corrected chi connectivity index (χ0v) is 10.2. The van der Waals surface area contributed by atoms with Crippen LogP contribution in [0.5, 0.6) is 5.75 Å². The van der Waals surface area contributed by atoms with E-state index in [1.54, 1.807) is 12.1 Å². The molecule has 0 aromatic heterocycles. The maximum atomic E-state index is 11.3. The average Bonchev–Trinajstić information content (AvgIpc) is 2.76. The summed E-state index contributed by atoms with van der Waals surface area (Å²) in [4.78, 5) is 11.3. The van der Waals surface area contributed by atoms with Crippen LogP contribution in [0.2, 0.25) is 5.02 Å². The SMILES string of the molecule is COC(=O)C1CC(Oc2cccc(Cl)c2)CN1. The van der Waals surface area contributed by atoms with E-state index in [1.165, 1.54) is 7.11 Å². The van der Waals surface area contributed by atoms with Crippen molar-refractivity contribution in [2.24, 2.45) is 0 Å². The van der Waals surface area contributed by atoms with Crippen LogP contribution in [0.1, 0.15) is 6.42 Å². The van der Waals surface area contributed by atoms with Crippen LogP contribution in [0.15, 0.2) is 24.3 Å². The largest absolute Gasteiger partial charge is 0.489 e. The number of hydrogen-bond donors (Lipinski definition) is 1. The van der Waals surface area contributed by atoms with Crippen molar-refractivity contribution in [2.45, 2.75) is 18.6 Å². The van der Waals surface area contributed by atoms with Gasteiger partial charge in [-0.25, -0.2) is 0 Å². The number of benzene rings is 1. The van der Waals surface area contributed by atoms with Crippen molar-refractivity contribution in [3.8, 4) is 5.75 Å². The number of halogens is 1. The van der Waals surface area contributed by atoms with Crippen LogP contribution in [0, 0.1) is 0 Å². The molecular weight excluding hydrogens is 242 g/mol. The van der Waals surface area contributed by atoms with Crippen LogP contribution in [0.4, 0.5) is 0 Å². The highest BCUT2D eigenvalue weighted by molar-refractivity contribution is 6.30. The molecule has 1 aromatic rings. The van der Waals surface area contributed by atoms with Crippen LogP contribution in [-0.2, 0) is 9.53 Å². The fourth-order valence-corrected chi connectivity index (χ4v) is 2.03. The Morgan fingerprint density at radius 1 is 1.53 bits per heavy atom. The first-order valence-corrected chi connectivity index (χ1v) is 5.80. The first kappa shape index (κ1) is 12.2. The fraction of sp³-hybridized carbons (Fsp3) is 0.417. The molecule has 1 aliphatic heterocycles. The minimum Gasteiger partial charge on any atom is -0.489 e. The molecule has 1 N–H and O–H groups in total. The van der Waals surface area contributed by atoms with E-state index in [-0.39, 0.29) is 18.1 Å². The Balaban J connectivity index is 1.92. The second kappa shape index (κ2) is 5.38. The van der Waals surface area contributed by atoms with E-state index < -0.39 is 0 Å². The first-order valence-electron chi connectivity index (χ1n) is 5.42. The molecular formula is C12H14ClNO3. The number of carbonyl (C=O) groups excluding carboxylic acids is 1. The van der Waals surface area contributed by atoms with Crippen LogP contribution in [0.25, 0.3) is 0 Å². The Morgan fingerprint density at radius 3 is 3.06 bits per heavy atom. The molecule has 2 rings (SSSR count). The first-order chi connectivity index (χ1) is 8.19. The second-order valence-corrected chi connectivity index (χ2v) is 4.35. The van der Waals surface area contributed by atoms with E-state index in [4.69, 9.17) is 16.3 Å². The van der Waals surface area contributed by atoms with Crippen LogP contribution >= 0.6 is 11.6 Å². The lowest BCUT2D eigenvalue weighted by atomic mass is 10.2. The zero-order valence-electron chi connectivity index (χ0n) is 9.48. The lowest BCUT2D eigenvalue weighted by molar-refractivity contribution is -0.142. The number of ether oxygens (including phenoxy) is 2. The van der Waals surface area contributed by atoms with Gasteiger partial charge in [-0.1, -0.05) is 17.7 Å². The minimum absolute atomic E-state index is 0.0300. The average molecular weight is 256 g/mol. The third-order valence-electron chi connectivity index (χ3n) is 2.68. The summed E-state index contributed by atoms with van der Waals surface area (Å²) >= 11 is 5.86. The Labute approximate surface area is 105 Å². The summed E-state index contributed by atoms with van der Waals surface area (Å²) in [6.07, 6.45) is 0.580. The number of rotatable bonds is 3. The van der Waals surface area contributed by atoms with Crippen molar-refractivity contribution in [2.75, 3.05) is 13.7 Å². The summed E-state index contributed by atoms with van der Waals surface area (Å²) in [7, 11) is 1.38. The van der Waals surface area contributed by atoms with Crippen LogP contribution in [-0.4, -0.2) is 31.8 Å². The maximum Gasteiger partial charge on any atom is 0.323 e. The molecule has 1 aromatic carbocycles. The van der Waals surface area contributed by atoms with Gasteiger partial charge in [0.25, 0.3) is 0 Å². The molecule has 92 valence electrons. The number of nitrogens with one attached hydrogen (secondary N) is 1. The van der Waals surface area contributed by atoms with Gasteiger partial charge in [-0.15, -0.1) is 0 Å². The highest BCUT2D eigenvalue weighted by Gasteiger charge is 2.31. The summed E-state index contributed by atoms with van der Waals surface area (Å²) in [6, 6.07) is 6.95. The van der Waals surface area contributed by atoms with Crippen molar-refractivity contribution in [3.63, 3.8) is 0 Å². The molecule has 0 radical (unpaired) electrons. The monoisotopic (exact) mass is 255 g/mol. The smallest absolute Gasteiger partial charge is 0.323 e. The van der Waals surface area contributed by atoms with E-state index in [0.29, 0.717) is 18.0 Å². The molecule has 2 unspecified atom stereocenters. The molecule has 17 heavy (non-hydrogen) atoms. The molecule has 0 saturated carbocycles. The summed E-state index contributed by atoms with van der Waals surface area (Å²) in [6.45, 7) is 0.631. The van der Waals surface area contributed by atoms with E-state index in [2.05, 4.69) is 10.1 Å². The molecule has 0 bridgehead atoms. The van der Waals surface area contributed by atoms with Gasteiger partial charge in [0.05, 0.1) is 7.11 Å². The highest BCUT2D eigenvalue weighted by atomic mass is 35.5. The van der Waals surface area contributed by atoms with Gasteiger partial charge < -0.3 is 14.8 Å². The topological polar surface area (TPSA) is 47.6 Å². The van der Waals surface area contributed by atoms with Crippen molar-refractivity contribution < 1.29 is 14.3 Å². The summed E-state index contributed by atoms with van der Waals surface area (Å²) < 4.78 is 10.4. The van der Waals surface area contributed by atoms with Gasteiger partial charge in [0.15, 0.2) is 0 Å². The molecule has 2 atom stereocenters. The number of methoxy groups -OCH3 is 1. The lowest BCUT2D eigenvalue weighted by Crippen LogP contribution is -2.31. The number of esters is 1. The van der Waals surface area contributed by atoms with E-state index in [9.17, 15) is 4.79 Å². The van der Waals surface area contributed by atoms with E-state index in [1.807, 2.05) is 12.1 Å². The van der Waals surface area contributed by atoms with Gasteiger partial charge in [0.2, 0.25) is 0 Å². The molecule has 4 nitrogen and oxygen atoms in total. The second-order valence-electron chi connectivity index (χ2n) is 3.92. The Kier molecular flexibility index (Phi) is 3.86. The highest BCUT2D eigenvalue weighted by Crippen LogP contribution is 2.21. The van der Waals surface area contributed by atoms with Gasteiger partial charge in [0.1, 0.15) is 17.9 Å². The van der Waals surface area contributed by atoms with Gasteiger partial charge in [-0.05, 0) is 18.2 Å². The molecule has 1 heterocycles. The third-order valence-corrected chi connectivity index (χ3v) is 2.91. The summed E-state index contributed by atoms with van der Waals surface area (Å²) in [5, 5.41) is 3.70. The molecule has 5 heteroatoms. The predicted molar refractivity (Wildman–Crippen MR) is 64.3 cm³/mol. The van der Waals surface area contributed by atoms with Crippen LogP contribution in [0.3, 0.4) is 0 Å². The van der Waals surface area contributed by atoms with E-state index in [0.717, 1.165) is 5.75 Å². The normalized spacial score (nSPS) is 23.4. The Hall–Kier alpha value is -1.26. The predicted octanol–water partition coefficient (Wildman–Crippen LogP) is 1.62. The van der Waals surface area contributed by atoms with Gasteiger partial charge in [-0.2, -0.15) is 0 Å². The minimum atomic E-state index is -0.274. The Bertz CT molecular complexity index is 410.